The first-order chi connectivity index (χ1) is 6.68. The van der Waals surface area contributed by atoms with Gasteiger partial charge in [0.25, 0.3) is 0 Å². The summed E-state index contributed by atoms with van der Waals surface area (Å²) < 4.78 is 4.78. The predicted octanol–water partition coefficient (Wildman–Crippen LogP) is 1.28. The third-order valence-corrected chi connectivity index (χ3v) is 1.87. The maximum absolute atomic E-state index is 11.2. The third-order valence-electron chi connectivity index (χ3n) is 1.87. The molecule has 0 amide bonds. The second-order valence-corrected chi connectivity index (χ2v) is 2.78. The lowest BCUT2D eigenvalue weighted by Gasteiger charge is -1.94. The average Bonchev–Trinajstić information content (AvgIpc) is 2.44. The van der Waals surface area contributed by atoms with Crippen molar-refractivity contribution in [1.29, 1.82) is 0 Å². The van der Waals surface area contributed by atoms with Crippen molar-refractivity contribution in [1.82, 2.24) is 0 Å². The highest BCUT2D eigenvalue weighted by Gasteiger charge is 2.26. The van der Waals surface area contributed by atoms with E-state index in [2.05, 4.69) is 0 Å². The second-order valence-electron chi connectivity index (χ2n) is 2.78. The Kier molecular flexibility index (Phi) is 1.81. The lowest BCUT2D eigenvalue weighted by molar-refractivity contribution is -0.131. The number of esters is 1. The van der Waals surface area contributed by atoms with E-state index < -0.39 is 11.9 Å². The lowest BCUT2D eigenvalue weighted by Crippen LogP contribution is -1.93. The first-order valence-electron chi connectivity index (χ1n) is 3.94. The predicted molar refractivity (Wildman–Crippen MR) is 47.5 cm³/mol. The number of aliphatic carboxylic acids is 1. The molecule has 1 aromatic carbocycles. The number of hydrogen-bond acceptors (Lipinski definition) is 3. The number of carbonyl (C=O) groups excluding carboxylic acids is 1. The van der Waals surface area contributed by atoms with Gasteiger partial charge in [0.2, 0.25) is 0 Å². The molecular weight excluding hydrogens is 184 g/mol. The molecular formula is C10H6O4. The largest absolute Gasteiger partial charge is 0.478 e. The fourth-order valence-electron chi connectivity index (χ4n) is 1.31. The second kappa shape index (κ2) is 2.99. The van der Waals surface area contributed by atoms with Crippen LogP contribution in [-0.4, -0.2) is 17.0 Å². The molecule has 4 heteroatoms. The van der Waals surface area contributed by atoms with Gasteiger partial charge in [0, 0.05) is 5.56 Å². The van der Waals surface area contributed by atoms with E-state index in [-0.39, 0.29) is 5.76 Å². The fraction of sp³-hybridized carbons (Fsp3) is 0. The quantitative estimate of drug-likeness (QED) is 0.535. The molecule has 14 heavy (non-hydrogen) atoms. The summed E-state index contributed by atoms with van der Waals surface area (Å²) >= 11 is 0. The molecule has 0 saturated carbocycles. The molecule has 1 heterocycles. The van der Waals surface area contributed by atoms with Crippen molar-refractivity contribution in [3.8, 4) is 0 Å². The van der Waals surface area contributed by atoms with E-state index in [0.29, 0.717) is 11.1 Å². The summed E-state index contributed by atoms with van der Waals surface area (Å²) in [6, 6.07) is 6.66. The number of carboxylic acids is 1. The van der Waals surface area contributed by atoms with E-state index in [1.54, 1.807) is 24.3 Å². The monoisotopic (exact) mass is 190 g/mol. The maximum atomic E-state index is 11.2. The van der Waals surface area contributed by atoms with Crippen LogP contribution in [0.3, 0.4) is 0 Å². The van der Waals surface area contributed by atoms with Crippen LogP contribution in [0.4, 0.5) is 0 Å². The Morgan fingerprint density at radius 3 is 2.57 bits per heavy atom. The smallest absolute Gasteiger partial charge is 0.344 e. The Bertz CT molecular complexity index is 445. The minimum atomic E-state index is -1.13. The van der Waals surface area contributed by atoms with Gasteiger partial charge in [-0.25, -0.2) is 9.59 Å². The molecule has 0 bridgehead atoms. The number of fused-ring (bicyclic) bond motifs is 1. The van der Waals surface area contributed by atoms with Gasteiger partial charge in [0.05, 0.1) is 11.6 Å². The molecule has 0 aliphatic carbocycles. The number of hydrogen-bond donors (Lipinski definition) is 1. The zero-order chi connectivity index (χ0) is 10.1. The van der Waals surface area contributed by atoms with Gasteiger partial charge in [-0.3, -0.25) is 0 Å². The van der Waals surface area contributed by atoms with Gasteiger partial charge >= 0.3 is 11.9 Å². The zero-order valence-electron chi connectivity index (χ0n) is 7.06. The Morgan fingerprint density at radius 1 is 1.29 bits per heavy atom. The van der Waals surface area contributed by atoms with Crippen molar-refractivity contribution >= 4 is 17.7 Å². The van der Waals surface area contributed by atoms with E-state index in [9.17, 15) is 9.59 Å². The van der Waals surface area contributed by atoms with Crippen LogP contribution in [0.1, 0.15) is 15.9 Å². The molecule has 1 aliphatic heterocycles. The number of ether oxygens (including phenoxy) is 1. The SMILES string of the molecule is O=C(O)/C=C1/OC(=O)c2ccccc21. The molecule has 0 unspecified atom stereocenters. The van der Waals surface area contributed by atoms with Crippen LogP contribution < -0.4 is 0 Å². The molecule has 0 spiro atoms. The highest BCUT2D eigenvalue weighted by Crippen LogP contribution is 2.28. The van der Waals surface area contributed by atoms with Crippen molar-refractivity contribution < 1.29 is 19.4 Å². The number of benzene rings is 1. The fourth-order valence-corrected chi connectivity index (χ4v) is 1.31. The summed E-state index contributed by atoms with van der Waals surface area (Å²) in [6.07, 6.45) is 0.879. The molecule has 0 radical (unpaired) electrons. The number of carbonyl (C=O) groups is 2. The minimum Gasteiger partial charge on any atom is -0.478 e. The first kappa shape index (κ1) is 8.50. The maximum Gasteiger partial charge on any atom is 0.344 e. The summed E-state index contributed by atoms with van der Waals surface area (Å²) in [6.45, 7) is 0. The zero-order valence-corrected chi connectivity index (χ0v) is 7.06. The Morgan fingerprint density at radius 2 is 1.93 bits per heavy atom. The highest BCUT2D eigenvalue weighted by atomic mass is 16.5. The van der Waals surface area contributed by atoms with Crippen LogP contribution in [-0.2, 0) is 9.53 Å². The lowest BCUT2D eigenvalue weighted by atomic mass is 10.1. The van der Waals surface area contributed by atoms with Gasteiger partial charge in [-0.15, -0.1) is 0 Å². The van der Waals surface area contributed by atoms with E-state index in [4.69, 9.17) is 9.84 Å². The van der Waals surface area contributed by atoms with Crippen LogP contribution in [0.25, 0.3) is 5.76 Å². The van der Waals surface area contributed by atoms with Gasteiger partial charge in [-0.05, 0) is 6.07 Å². The van der Waals surface area contributed by atoms with E-state index in [1.807, 2.05) is 0 Å². The van der Waals surface area contributed by atoms with E-state index in [0.717, 1.165) is 6.08 Å². The minimum absolute atomic E-state index is 0.0955. The van der Waals surface area contributed by atoms with Gasteiger partial charge in [-0.1, -0.05) is 18.2 Å². The van der Waals surface area contributed by atoms with Crippen LogP contribution in [0.2, 0.25) is 0 Å². The van der Waals surface area contributed by atoms with Gasteiger partial charge < -0.3 is 9.84 Å². The number of carboxylic acid groups (broad SMARTS) is 1. The van der Waals surface area contributed by atoms with Crippen molar-refractivity contribution in [2.75, 3.05) is 0 Å². The van der Waals surface area contributed by atoms with Gasteiger partial charge in [-0.2, -0.15) is 0 Å². The molecule has 1 aromatic rings. The summed E-state index contributed by atoms with van der Waals surface area (Å²) in [5.41, 5.74) is 0.930. The molecule has 0 atom stereocenters. The van der Waals surface area contributed by atoms with Crippen molar-refractivity contribution in [2.45, 2.75) is 0 Å². The molecule has 0 fully saturated rings. The summed E-state index contributed by atoms with van der Waals surface area (Å²) in [5, 5.41) is 8.52. The highest BCUT2D eigenvalue weighted by molar-refractivity contribution is 6.05. The van der Waals surface area contributed by atoms with Gasteiger partial charge in [0.1, 0.15) is 5.76 Å². The number of rotatable bonds is 1. The van der Waals surface area contributed by atoms with Crippen molar-refractivity contribution in [2.24, 2.45) is 0 Å². The molecule has 2 rings (SSSR count). The Labute approximate surface area is 79.4 Å². The molecule has 4 nitrogen and oxygen atoms in total. The number of cyclic esters (lactones) is 1. The van der Waals surface area contributed by atoms with Crippen LogP contribution in [0.5, 0.6) is 0 Å². The summed E-state index contributed by atoms with van der Waals surface area (Å²) in [5.74, 6) is -1.55. The summed E-state index contributed by atoms with van der Waals surface area (Å²) in [4.78, 5) is 21.6. The van der Waals surface area contributed by atoms with Gasteiger partial charge in [0.15, 0.2) is 0 Å². The van der Waals surface area contributed by atoms with Crippen molar-refractivity contribution in [3.05, 3.63) is 41.5 Å². The Balaban J connectivity index is 2.54. The normalized spacial score (nSPS) is 16.6. The topological polar surface area (TPSA) is 63.6 Å². The van der Waals surface area contributed by atoms with Crippen LogP contribution in [0.15, 0.2) is 30.3 Å². The first-order valence-corrected chi connectivity index (χ1v) is 3.94. The van der Waals surface area contributed by atoms with E-state index in [1.165, 1.54) is 0 Å². The molecule has 70 valence electrons. The average molecular weight is 190 g/mol. The molecule has 0 saturated heterocycles. The molecule has 0 aromatic heterocycles. The summed E-state index contributed by atoms with van der Waals surface area (Å²) in [7, 11) is 0. The Hall–Kier alpha value is -2.10. The standard InChI is InChI=1S/C10H6O4/c11-9(12)5-8-6-3-1-2-4-7(6)10(13)14-8/h1-5H,(H,11,12)/b8-5+. The molecule has 1 N–H and O–H groups in total. The van der Waals surface area contributed by atoms with E-state index >= 15 is 0 Å². The van der Waals surface area contributed by atoms with Crippen LogP contribution >= 0.6 is 0 Å². The van der Waals surface area contributed by atoms with Crippen LogP contribution in [0, 0.1) is 0 Å². The van der Waals surface area contributed by atoms with Crippen molar-refractivity contribution in [3.63, 3.8) is 0 Å². The third kappa shape index (κ3) is 1.26. The molecule has 1 aliphatic rings.